The summed E-state index contributed by atoms with van der Waals surface area (Å²) in [7, 11) is 0. The average Bonchev–Trinajstić information content (AvgIpc) is 2.90. The van der Waals surface area contributed by atoms with Crippen molar-refractivity contribution in [3.8, 4) is 5.75 Å². The summed E-state index contributed by atoms with van der Waals surface area (Å²) in [5.41, 5.74) is 8.80. The number of pyridine rings is 2. The minimum Gasteiger partial charge on any atom is -0.491 e. The van der Waals surface area contributed by atoms with Gasteiger partial charge in [-0.1, -0.05) is 18.2 Å². The van der Waals surface area contributed by atoms with Crippen LogP contribution in [0.2, 0.25) is 0 Å². The number of hydrogen-bond acceptors (Lipinski definition) is 6. The van der Waals surface area contributed by atoms with Gasteiger partial charge in [-0.15, -0.1) is 0 Å². The third kappa shape index (κ3) is 6.79. The van der Waals surface area contributed by atoms with Gasteiger partial charge in [-0.25, -0.2) is 4.98 Å². The molecule has 1 atom stereocenters. The molecule has 1 unspecified atom stereocenters. The van der Waals surface area contributed by atoms with Gasteiger partial charge in [0.1, 0.15) is 18.2 Å². The van der Waals surface area contributed by atoms with E-state index in [0.29, 0.717) is 17.1 Å². The summed E-state index contributed by atoms with van der Waals surface area (Å²) in [5.74, 6) is -0.243. The highest BCUT2D eigenvalue weighted by Crippen LogP contribution is 2.24. The molecule has 184 valence electrons. The van der Waals surface area contributed by atoms with Gasteiger partial charge in [-0.3, -0.25) is 14.6 Å². The Morgan fingerprint density at radius 3 is 2.39 bits per heavy atom. The van der Waals surface area contributed by atoms with Gasteiger partial charge < -0.3 is 20.9 Å². The number of aliphatic carboxylic acids is 1. The predicted molar refractivity (Wildman–Crippen MR) is 138 cm³/mol. The quantitative estimate of drug-likeness (QED) is 0.293. The largest absolute Gasteiger partial charge is 0.491 e. The molecule has 4 aromatic rings. The normalized spacial score (nSPS) is 11.7. The van der Waals surface area contributed by atoms with E-state index in [2.05, 4.69) is 15.3 Å². The van der Waals surface area contributed by atoms with Crippen LogP contribution >= 0.6 is 0 Å². The van der Waals surface area contributed by atoms with E-state index in [1.807, 2.05) is 42.5 Å². The standard InChI is InChI=1S/C28H28N4O4/c29-27-25-17-24(9-7-21(25)13-16-31-27)36-18-23(8-10-26(33)34)32-28(35)22-5-3-19(4-6-22)1-2-20-11-14-30-15-12-20/h3-7,9,11-17,23H,1-2,8,10,18H2,(H2,29,31)(H,32,35)(H,33,34). The first-order valence-corrected chi connectivity index (χ1v) is 11.8. The predicted octanol–water partition coefficient (Wildman–Crippen LogP) is 4.04. The molecule has 0 radical (unpaired) electrons. The van der Waals surface area contributed by atoms with Gasteiger partial charge in [0.25, 0.3) is 5.91 Å². The van der Waals surface area contributed by atoms with Crippen molar-refractivity contribution < 1.29 is 19.4 Å². The number of nitrogen functional groups attached to an aromatic ring is 1. The number of fused-ring (bicyclic) bond motifs is 1. The molecular weight excluding hydrogens is 456 g/mol. The first-order valence-electron chi connectivity index (χ1n) is 11.8. The monoisotopic (exact) mass is 484 g/mol. The number of carbonyl (C=O) groups excluding carboxylic acids is 1. The number of carbonyl (C=O) groups is 2. The van der Waals surface area contributed by atoms with Gasteiger partial charge in [0.2, 0.25) is 0 Å². The molecule has 0 aliphatic rings. The number of ether oxygens (including phenoxy) is 1. The number of carboxylic acids is 1. The van der Waals surface area contributed by atoms with Crippen LogP contribution in [-0.2, 0) is 17.6 Å². The molecule has 8 nitrogen and oxygen atoms in total. The number of aryl methyl sites for hydroxylation is 2. The lowest BCUT2D eigenvalue weighted by Crippen LogP contribution is -2.39. The van der Waals surface area contributed by atoms with Crippen molar-refractivity contribution in [2.75, 3.05) is 12.3 Å². The highest BCUT2D eigenvalue weighted by atomic mass is 16.5. The van der Waals surface area contributed by atoms with E-state index >= 15 is 0 Å². The zero-order valence-corrected chi connectivity index (χ0v) is 19.8. The molecule has 0 spiro atoms. The van der Waals surface area contributed by atoms with E-state index in [-0.39, 0.29) is 25.4 Å². The molecule has 36 heavy (non-hydrogen) atoms. The lowest BCUT2D eigenvalue weighted by Gasteiger charge is -2.19. The van der Waals surface area contributed by atoms with Crippen molar-refractivity contribution in [1.29, 1.82) is 0 Å². The van der Waals surface area contributed by atoms with Crippen molar-refractivity contribution in [3.05, 3.63) is 95.9 Å². The number of benzene rings is 2. The summed E-state index contributed by atoms with van der Waals surface area (Å²) in [5, 5.41) is 13.8. The third-order valence-corrected chi connectivity index (χ3v) is 5.93. The van der Waals surface area contributed by atoms with Gasteiger partial charge in [0.05, 0.1) is 6.04 Å². The van der Waals surface area contributed by atoms with Crippen molar-refractivity contribution in [1.82, 2.24) is 15.3 Å². The summed E-state index contributed by atoms with van der Waals surface area (Å²) in [4.78, 5) is 32.1. The fourth-order valence-electron chi connectivity index (χ4n) is 3.88. The molecule has 0 aliphatic heterocycles. The number of nitrogens with two attached hydrogens (primary N) is 1. The maximum Gasteiger partial charge on any atom is 0.303 e. The van der Waals surface area contributed by atoms with Gasteiger partial charge in [0, 0.05) is 36.0 Å². The summed E-state index contributed by atoms with van der Waals surface area (Å²) in [6.07, 6.45) is 7.09. The fourth-order valence-corrected chi connectivity index (χ4v) is 3.88. The Balaban J connectivity index is 1.37. The van der Waals surface area contributed by atoms with E-state index in [9.17, 15) is 9.59 Å². The molecule has 0 bridgehead atoms. The molecule has 0 saturated heterocycles. The number of anilines is 1. The molecule has 2 aromatic carbocycles. The third-order valence-electron chi connectivity index (χ3n) is 5.93. The summed E-state index contributed by atoms with van der Waals surface area (Å²) in [6, 6.07) is 18.3. The number of rotatable bonds is 11. The molecular formula is C28H28N4O4. The topological polar surface area (TPSA) is 127 Å². The first-order chi connectivity index (χ1) is 17.5. The Kier molecular flexibility index (Phi) is 8.08. The van der Waals surface area contributed by atoms with E-state index in [4.69, 9.17) is 15.6 Å². The number of carboxylic acid groups (broad SMARTS) is 1. The molecule has 2 aromatic heterocycles. The highest BCUT2D eigenvalue weighted by molar-refractivity contribution is 5.94. The second-order valence-electron chi connectivity index (χ2n) is 8.55. The highest BCUT2D eigenvalue weighted by Gasteiger charge is 2.17. The van der Waals surface area contributed by atoms with Crippen LogP contribution in [0, 0.1) is 0 Å². The van der Waals surface area contributed by atoms with E-state index in [1.165, 1.54) is 5.56 Å². The molecule has 8 heteroatoms. The number of hydrogen-bond donors (Lipinski definition) is 3. The molecule has 0 aliphatic carbocycles. The number of aromatic nitrogens is 2. The van der Waals surface area contributed by atoms with Crippen LogP contribution in [0.25, 0.3) is 10.8 Å². The lowest BCUT2D eigenvalue weighted by molar-refractivity contribution is -0.137. The van der Waals surface area contributed by atoms with Crippen LogP contribution in [-0.4, -0.2) is 39.6 Å². The van der Waals surface area contributed by atoms with Crippen LogP contribution in [0.3, 0.4) is 0 Å². The van der Waals surface area contributed by atoms with E-state index in [1.54, 1.807) is 36.8 Å². The van der Waals surface area contributed by atoms with Crippen LogP contribution in [0.5, 0.6) is 5.75 Å². The number of amides is 1. The van der Waals surface area contributed by atoms with Crippen molar-refractivity contribution in [2.24, 2.45) is 0 Å². The van der Waals surface area contributed by atoms with E-state index < -0.39 is 12.0 Å². The second kappa shape index (κ2) is 11.8. The number of nitrogens with one attached hydrogen (secondary N) is 1. The second-order valence-corrected chi connectivity index (χ2v) is 8.55. The van der Waals surface area contributed by atoms with Crippen LogP contribution in [0.4, 0.5) is 5.82 Å². The Bertz CT molecular complexity index is 1330. The maximum absolute atomic E-state index is 12.9. The zero-order chi connectivity index (χ0) is 25.3. The van der Waals surface area contributed by atoms with Crippen LogP contribution < -0.4 is 15.8 Å². The lowest BCUT2D eigenvalue weighted by atomic mass is 10.0. The number of nitrogens with zero attached hydrogens (tertiary/aromatic N) is 2. The van der Waals surface area contributed by atoms with Crippen LogP contribution in [0.1, 0.15) is 34.3 Å². The van der Waals surface area contributed by atoms with Gasteiger partial charge in [-0.2, -0.15) is 0 Å². The average molecular weight is 485 g/mol. The smallest absolute Gasteiger partial charge is 0.303 e. The molecule has 0 saturated carbocycles. The fraction of sp³-hybridized carbons (Fsp3) is 0.214. The van der Waals surface area contributed by atoms with Gasteiger partial charge >= 0.3 is 5.97 Å². The molecule has 2 heterocycles. The Morgan fingerprint density at radius 1 is 0.944 bits per heavy atom. The maximum atomic E-state index is 12.9. The minimum atomic E-state index is -0.933. The first kappa shape index (κ1) is 24.7. The molecule has 1 amide bonds. The SMILES string of the molecule is Nc1nccc2ccc(OCC(CCC(=O)O)NC(=O)c3ccc(CCc4ccncc4)cc3)cc12. The molecule has 0 fully saturated rings. The molecule has 4 N–H and O–H groups in total. The Labute approximate surface area is 209 Å². The van der Waals surface area contributed by atoms with Crippen molar-refractivity contribution in [2.45, 2.75) is 31.7 Å². The summed E-state index contributed by atoms with van der Waals surface area (Å²) >= 11 is 0. The van der Waals surface area contributed by atoms with Gasteiger partial charge in [-0.05, 0) is 78.2 Å². The molecule has 4 rings (SSSR count). The summed E-state index contributed by atoms with van der Waals surface area (Å²) in [6.45, 7) is 0.120. The zero-order valence-electron chi connectivity index (χ0n) is 19.8. The van der Waals surface area contributed by atoms with E-state index in [0.717, 1.165) is 29.2 Å². The van der Waals surface area contributed by atoms with Crippen molar-refractivity contribution >= 4 is 28.5 Å². The minimum absolute atomic E-state index is 0.0865. The summed E-state index contributed by atoms with van der Waals surface area (Å²) < 4.78 is 5.90. The Morgan fingerprint density at radius 2 is 1.67 bits per heavy atom. The van der Waals surface area contributed by atoms with Crippen LogP contribution in [0.15, 0.2) is 79.3 Å². The Hall–Kier alpha value is -4.46. The van der Waals surface area contributed by atoms with Crippen molar-refractivity contribution in [3.63, 3.8) is 0 Å². The van der Waals surface area contributed by atoms with Gasteiger partial charge in [0.15, 0.2) is 0 Å².